The van der Waals surface area contributed by atoms with E-state index in [0.717, 1.165) is 13.0 Å². The standard InChI is InChI=1S/C22H25N3O2/c1-2-25(16-15-17-9-4-3-5-10-17)21(26)14-8-13-20-23-19-12-7-6-11-18(19)22(27)24-20/h3-7,9-12H,2,8,13-16H2,1H3,(H,23,24,27). The van der Waals surface area contributed by atoms with Crippen molar-refractivity contribution in [3.8, 4) is 0 Å². The number of aromatic amines is 1. The maximum Gasteiger partial charge on any atom is 0.258 e. The Labute approximate surface area is 159 Å². The van der Waals surface area contributed by atoms with E-state index in [2.05, 4.69) is 22.1 Å². The van der Waals surface area contributed by atoms with E-state index in [-0.39, 0.29) is 11.5 Å². The van der Waals surface area contributed by atoms with Gasteiger partial charge in [-0.05, 0) is 37.5 Å². The van der Waals surface area contributed by atoms with E-state index in [1.54, 1.807) is 6.07 Å². The molecular weight excluding hydrogens is 338 g/mol. The van der Waals surface area contributed by atoms with Gasteiger partial charge in [0.1, 0.15) is 5.82 Å². The summed E-state index contributed by atoms with van der Waals surface area (Å²) in [6.45, 7) is 3.44. The number of nitrogens with zero attached hydrogens (tertiary/aromatic N) is 2. The second-order valence-electron chi connectivity index (χ2n) is 6.59. The van der Waals surface area contributed by atoms with Crippen LogP contribution in [0.5, 0.6) is 0 Å². The molecule has 2 aromatic carbocycles. The average Bonchev–Trinajstić information content (AvgIpc) is 2.69. The lowest BCUT2D eigenvalue weighted by Crippen LogP contribution is -2.32. The van der Waals surface area contributed by atoms with Crippen LogP contribution in [-0.4, -0.2) is 33.9 Å². The zero-order chi connectivity index (χ0) is 19.1. The third-order valence-electron chi connectivity index (χ3n) is 4.71. The number of aryl methyl sites for hydroxylation is 1. The zero-order valence-corrected chi connectivity index (χ0v) is 15.6. The molecule has 0 bridgehead atoms. The Bertz CT molecular complexity index is 950. The smallest absolute Gasteiger partial charge is 0.258 e. The number of hydrogen-bond acceptors (Lipinski definition) is 3. The zero-order valence-electron chi connectivity index (χ0n) is 15.6. The first kappa shape index (κ1) is 18.8. The van der Waals surface area contributed by atoms with Gasteiger partial charge in [0.25, 0.3) is 5.56 Å². The van der Waals surface area contributed by atoms with Crippen LogP contribution in [0.15, 0.2) is 59.4 Å². The van der Waals surface area contributed by atoms with Gasteiger partial charge in [0.15, 0.2) is 0 Å². The molecule has 0 aliphatic rings. The number of para-hydroxylation sites is 1. The Hall–Kier alpha value is -2.95. The van der Waals surface area contributed by atoms with E-state index in [1.807, 2.05) is 48.2 Å². The van der Waals surface area contributed by atoms with Crippen molar-refractivity contribution in [1.29, 1.82) is 0 Å². The van der Waals surface area contributed by atoms with Crippen LogP contribution in [0.3, 0.4) is 0 Å². The third-order valence-corrected chi connectivity index (χ3v) is 4.71. The largest absolute Gasteiger partial charge is 0.343 e. The normalized spacial score (nSPS) is 10.9. The first-order chi connectivity index (χ1) is 13.2. The second kappa shape index (κ2) is 9.12. The van der Waals surface area contributed by atoms with Crippen LogP contribution < -0.4 is 5.56 Å². The van der Waals surface area contributed by atoms with Crippen LogP contribution in [0, 0.1) is 0 Å². The second-order valence-corrected chi connectivity index (χ2v) is 6.59. The molecule has 0 saturated heterocycles. The molecule has 1 N–H and O–H groups in total. The molecule has 1 amide bonds. The fourth-order valence-corrected chi connectivity index (χ4v) is 3.19. The van der Waals surface area contributed by atoms with Gasteiger partial charge in [0.2, 0.25) is 5.91 Å². The Morgan fingerprint density at radius 1 is 1.04 bits per heavy atom. The maximum absolute atomic E-state index is 12.5. The molecule has 3 rings (SSSR count). The van der Waals surface area contributed by atoms with Gasteiger partial charge in [0.05, 0.1) is 10.9 Å². The molecule has 0 aliphatic heterocycles. The number of nitrogens with one attached hydrogen (secondary N) is 1. The highest BCUT2D eigenvalue weighted by Crippen LogP contribution is 2.09. The van der Waals surface area contributed by atoms with Gasteiger partial charge in [-0.25, -0.2) is 4.98 Å². The Kier molecular flexibility index (Phi) is 6.36. The molecular formula is C22H25N3O2. The van der Waals surface area contributed by atoms with Gasteiger partial charge in [-0.2, -0.15) is 0 Å². The molecule has 0 spiro atoms. The molecule has 0 atom stereocenters. The van der Waals surface area contributed by atoms with E-state index in [9.17, 15) is 9.59 Å². The Morgan fingerprint density at radius 3 is 2.56 bits per heavy atom. The fraction of sp³-hybridized carbons (Fsp3) is 0.318. The van der Waals surface area contributed by atoms with Crippen LogP contribution in [0.1, 0.15) is 31.2 Å². The first-order valence-corrected chi connectivity index (χ1v) is 9.47. The number of amides is 1. The number of aromatic nitrogens is 2. The minimum Gasteiger partial charge on any atom is -0.343 e. The van der Waals surface area contributed by atoms with Crippen molar-refractivity contribution in [2.45, 2.75) is 32.6 Å². The van der Waals surface area contributed by atoms with Crippen molar-refractivity contribution in [3.05, 3.63) is 76.3 Å². The van der Waals surface area contributed by atoms with Crippen molar-refractivity contribution < 1.29 is 4.79 Å². The average molecular weight is 363 g/mol. The van der Waals surface area contributed by atoms with Crippen LogP contribution in [0.2, 0.25) is 0 Å². The van der Waals surface area contributed by atoms with Crippen LogP contribution >= 0.6 is 0 Å². The first-order valence-electron chi connectivity index (χ1n) is 9.47. The number of carbonyl (C=O) groups excluding carboxylic acids is 1. The number of fused-ring (bicyclic) bond motifs is 1. The summed E-state index contributed by atoms with van der Waals surface area (Å²) in [7, 11) is 0. The van der Waals surface area contributed by atoms with Crippen LogP contribution in [0.4, 0.5) is 0 Å². The highest BCUT2D eigenvalue weighted by molar-refractivity contribution is 5.77. The van der Waals surface area contributed by atoms with Gasteiger partial charge < -0.3 is 9.88 Å². The van der Waals surface area contributed by atoms with Crippen molar-refractivity contribution in [3.63, 3.8) is 0 Å². The number of benzene rings is 2. The summed E-state index contributed by atoms with van der Waals surface area (Å²) in [5.41, 5.74) is 1.81. The quantitative estimate of drug-likeness (QED) is 0.667. The summed E-state index contributed by atoms with van der Waals surface area (Å²) in [5, 5.41) is 0.593. The molecule has 1 heterocycles. The van der Waals surface area contributed by atoms with Gasteiger partial charge in [-0.15, -0.1) is 0 Å². The van der Waals surface area contributed by atoms with Gasteiger partial charge in [0, 0.05) is 25.9 Å². The van der Waals surface area contributed by atoms with Gasteiger partial charge >= 0.3 is 0 Å². The van der Waals surface area contributed by atoms with E-state index in [1.165, 1.54) is 5.56 Å². The van der Waals surface area contributed by atoms with Crippen LogP contribution in [0.25, 0.3) is 10.9 Å². The summed E-state index contributed by atoms with van der Waals surface area (Å²) in [6, 6.07) is 17.5. The molecule has 5 heteroatoms. The van der Waals surface area contributed by atoms with Gasteiger partial charge in [-0.1, -0.05) is 42.5 Å². The number of hydrogen-bond donors (Lipinski definition) is 1. The molecule has 0 saturated carbocycles. The van der Waals surface area contributed by atoms with Crippen molar-refractivity contribution in [2.75, 3.05) is 13.1 Å². The lowest BCUT2D eigenvalue weighted by Gasteiger charge is -2.21. The number of carbonyl (C=O) groups is 1. The minimum absolute atomic E-state index is 0.125. The highest BCUT2D eigenvalue weighted by atomic mass is 16.2. The molecule has 5 nitrogen and oxygen atoms in total. The summed E-state index contributed by atoms with van der Waals surface area (Å²) in [4.78, 5) is 33.8. The Balaban J connectivity index is 1.53. The fourth-order valence-electron chi connectivity index (χ4n) is 3.19. The van der Waals surface area contributed by atoms with E-state index in [4.69, 9.17) is 0 Å². The number of likely N-dealkylation sites (N-methyl/N-ethyl adjacent to an activating group) is 1. The van der Waals surface area contributed by atoms with Crippen molar-refractivity contribution in [1.82, 2.24) is 14.9 Å². The third kappa shape index (κ3) is 5.03. The monoisotopic (exact) mass is 363 g/mol. The summed E-state index contributed by atoms with van der Waals surface area (Å²) < 4.78 is 0. The predicted octanol–water partition coefficient (Wildman–Crippen LogP) is 3.34. The minimum atomic E-state index is -0.125. The van der Waals surface area contributed by atoms with Crippen molar-refractivity contribution in [2.24, 2.45) is 0 Å². The lowest BCUT2D eigenvalue weighted by atomic mass is 10.1. The lowest BCUT2D eigenvalue weighted by molar-refractivity contribution is -0.131. The summed E-state index contributed by atoms with van der Waals surface area (Å²) in [6.07, 6.45) is 2.57. The van der Waals surface area contributed by atoms with E-state index in [0.29, 0.717) is 42.5 Å². The molecule has 0 unspecified atom stereocenters. The SMILES string of the molecule is CCN(CCc1ccccc1)C(=O)CCCc1nc2ccccc2c(=O)[nH]1. The summed E-state index contributed by atoms with van der Waals surface area (Å²) in [5.74, 6) is 0.787. The topological polar surface area (TPSA) is 66.1 Å². The Morgan fingerprint density at radius 2 is 1.78 bits per heavy atom. The van der Waals surface area contributed by atoms with Gasteiger partial charge in [-0.3, -0.25) is 9.59 Å². The molecule has 27 heavy (non-hydrogen) atoms. The molecule has 140 valence electrons. The maximum atomic E-state index is 12.5. The number of H-pyrrole nitrogens is 1. The number of rotatable bonds is 8. The van der Waals surface area contributed by atoms with Crippen molar-refractivity contribution >= 4 is 16.8 Å². The highest BCUT2D eigenvalue weighted by Gasteiger charge is 2.12. The predicted molar refractivity (Wildman–Crippen MR) is 108 cm³/mol. The molecule has 0 radical (unpaired) electrons. The van der Waals surface area contributed by atoms with E-state index >= 15 is 0 Å². The molecule has 1 aromatic heterocycles. The van der Waals surface area contributed by atoms with E-state index < -0.39 is 0 Å². The molecule has 3 aromatic rings. The molecule has 0 aliphatic carbocycles. The van der Waals surface area contributed by atoms with Crippen LogP contribution in [-0.2, 0) is 17.6 Å². The molecule has 0 fully saturated rings. The summed E-state index contributed by atoms with van der Waals surface area (Å²) >= 11 is 0.